The fourth-order valence-electron chi connectivity index (χ4n) is 2.66. The third kappa shape index (κ3) is 3.41. The Balaban J connectivity index is 1.76. The van der Waals surface area contributed by atoms with E-state index in [-0.39, 0.29) is 11.7 Å². The minimum atomic E-state index is -3.38. The Morgan fingerprint density at radius 1 is 1.29 bits per heavy atom. The molecule has 2 heterocycles. The van der Waals surface area contributed by atoms with Gasteiger partial charge in [-0.1, -0.05) is 24.3 Å². The van der Waals surface area contributed by atoms with E-state index >= 15 is 0 Å². The number of sulfonamides is 1. The molecule has 6 nitrogen and oxygen atoms in total. The molecule has 2 aliphatic rings. The molecule has 0 spiro atoms. The van der Waals surface area contributed by atoms with E-state index in [4.69, 9.17) is 0 Å². The fourth-order valence-corrected chi connectivity index (χ4v) is 3.63. The van der Waals surface area contributed by atoms with E-state index in [1.54, 1.807) is 35.2 Å². The Labute approximate surface area is 141 Å². The second-order valence-corrected chi connectivity index (χ2v) is 7.69. The second-order valence-electron chi connectivity index (χ2n) is 5.93. The van der Waals surface area contributed by atoms with Crippen LogP contribution in [0.25, 0.3) is 0 Å². The molecule has 0 radical (unpaired) electrons. The summed E-state index contributed by atoms with van der Waals surface area (Å²) in [6.45, 7) is 2.85. The van der Waals surface area contributed by atoms with Gasteiger partial charge in [0.2, 0.25) is 0 Å². The molecule has 7 heteroatoms. The minimum Gasteiger partial charge on any atom is -0.337 e. The molecule has 126 valence electrons. The third-order valence-corrected chi connectivity index (χ3v) is 5.25. The molecule has 0 aliphatic carbocycles. The van der Waals surface area contributed by atoms with Crippen LogP contribution in [0.2, 0.25) is 0 Å². The lowest BCUT2D eigenvalue weighted by molar-refractivity contribution is -0.126. The van der Waals surface area contributed by atoms with E-state index in [0.29, 0.717) is 24.5 Å². The molecule has 1 amide bonds. The van der Waals surface area contributed by atoms with Gasteiger partial charge >= 0.3 is 0 Å². The van der Waals surface area contributed by atoms with Crippen LogP contribution in [0.15, 0.2) is 52.6 Å². The summed E-state index contributed by atoms with van der Waals surface area (Å²) in [6.07, 6.45) is 4.86. The first kappa shape index (κ1) is 16.4. The molecule has 0 bridgehead atoms. The molecule has 2 aliphatic heterocycles. The summed E-state index contributed by atoms with van der Waals surface area (Å²) in [5, 5.41) is 0. The predicted octanol–water partition coefficient (Wildman–Crippen LogP) is 1.45. The first-order valence-electron chi connectivity index (χ1n) is 7.65. The van der Waals surface area contributed by atoms with Crippen molar-refractivity contribution in [1.29, 1.82) is 0 Å². The van der Waals surface area contributed by atoms with Gasteiger partial charge in [0, 0.05) is 26.3 Å². The van der Waals surface area contributed by atoms with Gasteiger partial charge in [0.15, 0.2) is 0 Å². The highest BCUT2D eigenvalue weighted by molar-refractivity contribution is 7.90. The number of hydrogen-bond donors (Lipinski definition) is 0. The number of amides is 1. The van der Waals surface area contributed by atoms with Crippen molar-refractivity contribution in [1.82, 2.24) is 9.80 Å². The summed E-state index contributed by atoms with van der Waals surface area (Å²) in [7, 11) is -1.62. The van der Waals surface area contributed by atoms with Gasteiger partial charge in [0.25, 0.3) is 15.9 Å². The summed E-state index contributed by atoms with van der Waals surface area (Å²) in [5.74, 6) is 0.211. The molecule has 0 saturated carbocycles. The lowest BCUT2D eigenvalue weighted by Gasteiger charge is -2.28. The standard InChI is InChI=1S/C17H19N3O3S/c1-13-5-3-4-6-14(13)11-19(2)17(21)15-7-8-16-18-24(22,23)10-9-20(16)12-15/h3-8,12H,9-11H2,1-2H3. The topological polar surface area (TPSA) is 70.1 Å². The highest BCUT2D eigenvalue weighted by Crippen LogP contribution is 2.18. The van der Waals surface area contributed by atoms with Crippen molar-refractivity contribution in [2.24, 2.45) is 4.40 Å². The molecule has 0 saturated heterocycles. The molecule has 0 aromatic heterocycles. The van der Waals surface area contributed by atoms with Gasteiger partial charge in [-0.05, 0) is 30.2 Å². The van der Waals surface area contributed by atoms with E-state index in [9.17, 15) is 13.2 Å². The van der Waals surface area contributed by atoms with Crippen LogP contribution in [0.4, 0.5) is 0 Å². The van der Waals surface area contributed by atoms with Crippen molar-refractivity contribution in [3.63, 3.8) is 0 Å². The SMILES string of the molecule is Cc1ccccc1CN(C)C(=O)C1=CN2CCS(=O)(=O)N=C2C=C1. The predicted molar refractivity (Wildman–Crippen MR) is 92.8 cm³/mol. The van der Waals surface area contributed by atoms with E-state index in [0.717, 1.165) is 11.1 Å². The number of nitrogens with zero attached hydrogens (tertiary/aromatic N) is 3. The van der Waals surface area contributed by atoms with Crippen molar-refractivity contribution in [2.45, 2.75) is 13.5 Å². The molecule has 1 aromatic rings. The number of hydrogen-bond acceptors (Lipinski definition) is 4. The summed E-state index contributed by atoms with van der Waals surface area (Å²) in [5.41, 5.74) is 2.75. The monoisotopic (exact) mass is 345 g/mol. The lowest BCUT2D eigenvalue weighted by Crippen LogP contribution is -2.38. The van der Waals surface area contributed by atoms with Gasteiger partial charge in [-0.15, -0.1) is 4.40 Å². The van der Waals surface area contributed by atoms with Crippen LogP contribution >= 0.6 is 0 Å². The normalized spacial score (nSPS) is 18.5. The van der Waals surface area contributed by atoms with E-state index in [1.807, 2.05) is 31.2 Å². The number of carbonyl (C=O) groups is 1. The molecular formula is C17H19N3O3S. The van der Waals surface area contributed by atoms with E-state index in [2.05, 4.69) is 4.40 Å². The first-order chi connectivity index (χ1) is 11.4. The van der Waals surface area contributed by atoms with Gasteiger partial charge in [-0.25, -0.2) is 8.42 Å². The molecule has 3 rings (SSSR count). The Hall–Kier alpha value is -2.41. The Bertz CT molecular complexity index is 869. The maximum Gasteiger partial charge on any atom is 0.256 e. The second kappa shape index (κ2) is 6.24. The lowest BCUT2D eigenvalue weighted by atomic mass is 10.1. The van der Waals surface area contributed by atoms with Gasteiger partial charge in [0.1, 0.15) is 5.84 Å². The van der Waals surface area contributed by atoms with Crippen LogP contribution in [-0.2, 0) is 21.4 Å². The van der Waals surface area contributed by atoms with E-state index in [1.165, 1.54) is 0 Å². The van der Waals surface area contributed by atoms with Crippen LogP contribution in [0.3, 0.4) is 0 Å². The Morgan fingerprint density at radius 3 is 2.79 bits per heavy atom. The van der Waals surface area contributed by atoms with Gasteiger partial charge < -0.3 is 9.80 Å². The average molecular weight is 345 g/mol. The van der Waals surface area contributed by atoms with Crippen LogP contribution in [0, 0.1) is 6.92 Å². The maximum atomic E-state index is 12.6. The number of rotatable bonds is 3. The maximum absolute atomic E-state index is 12.6. The third-order valence-electron chi connectivity index (χ3n) is 4.09. The van der Waals surface area contributed by atoms with Crippen molar-refractivity contribution in [2.75, 3.05) is 19.3 Å². The van der Waals surface area contributed by atoms with Gasteiger partial charge in [-0.3, -0.25) is 4.79 Å². The van der Waals surface area contributed by atoms with Crippen LogP contribution < -0.4 is 0 Å². The molecule has 0 fully saturated rings. The molecule has 0 N–H and O–H groups in total. The zero-order chi connectivity index (χ0) is 17.3. The van der Waals surface area contributed by atoms with Gasteiger partial charge in [0.05, 0.1) is 11.3 Å². The number of aryl methyl sites for hydroxylation is 1. The summed E-state index contributed by atoms with van der Waals surface area (Å²) in [4.78, 5) is 16.0. The average Bonchev–Trinajstić information content (AvgIpc) is 2.55. The first-order valence-corrected chi connectivity index (χ1v) is 9.26. The number of benzene rings is 1. The summed E-state index contributed by atoms with van der Waals surface area (Å²) >= 11 is 0. The minimum absolute atomic E-state index is 0.0403. The number of carbonyl (C=O) groups excluding carboxylic acids is 1. The highest BCUT2D eigenvalue weighted by Gasteiger charge is 2.25. The molecule has 24 heavy (non-hydrogen) atoms. The Morgan fingerprint density at radius 2 is 2.04 bits per heavy atom. The van der Waals surface area contributed by atoms with Crippen molar-refractivity contribution < 1.29 is 13.2 Å². The molecule has 0 atom stereocenters. The molecule has 1 aromatic carbocycles. The quantitative estimate of drug-likeness (QED) is 0.831. The summed E-state index contributed by atoms with van der Waals surface area (Å²) in [6, 6.07) is 7.95. The fraction of sp³-hybridized carbons (Fsp3) is 0.294. The highest BCUT2D eigenvalue weighted by atomic mass is 32.2. The smallest absolute Gasteiger partial charge is 0.256 e. The Kier molecular flexibility index (Phi) is 4.28. The van der Waals surface area contributed by atoms with Crippen molar-refractivity contribution >= 4 is 21.8 Å². The number of amidine groups is 1. The van der Waals surface area contributed by atoms with Crippen LogP contribution in [0.5, 0.6) is 0 Å². The zero-order valence-electron chi connectivity index (χ0n) is 13.6. The number of fused-ring (bicyclic) bond motifs is 1. The van der Waals surface area contributed by atoms with Crippen molar-refractivity contribution in [3.05, 3.63) is 59.3 Å². The van der Waals surface area contributed by atoms with Crippen molar-refractivity contribution in [3.8, 4) is 0 Å². The zero-order valence-corrected chi connectivity index (χ0v) is 14.5. The van der Waals surface area contributed by atoms with Crippen LogP contribution in [0.1, 0.15) is 11.1 Å². The molecular weight excluding hydrogens is 326 g/mol. The largest absolute Gasteiger partial charge is 0.337 e. The molecule has 0 unspecified atom stereocenters. The van der Waals surface area contributed by atoms with Gasteiger partial charge in [-0.2, -0.15) is 0 Å². The summed E-state index contributed by atoms with van der Waals surface area (Å²) < 4.78 is 26.8. The van der Waals surface area contributed by atoms with Crippen LogP contribution in [-0.4, -0.2) is 49.3 Å². The van der Waals surface area contributed by atoms with E-state index < -0.39 is 10.0 Å². The number of likely N-dealkylation sites (N-methyl/N-ethyl adjacent to an activating group) is 1.